The van der Waals surface area contributed by atoms with Crippen molar-refractivity contribution in [2.24, 2.45) is 11.3 Å². The molecule has 2 atom stereocenters. The zero-order valence-corrected chi connectivity index (χ0v) is 22.1. The average Bonchev–Trinajstić information content (AvgIpc) is 3.44. The second kappa shape index (κ2) is 10.2. The lowest BCUT2D eigenvalue weighted by molar-refractivity contribution is -0.274. The van der Waals surface area contributed by atoms with Crippen molar-refractivity contribution in [1.29, 1.82) is 0 Å². The van der Waals surface area contributed by atoms with Crippen LogP contribution in [-0.2, 0) is 0 Å². The summed E-state index contributed by atoms with van der Waals surface area (Å²) in [5.41, 5.74) is 2.98. The largest absolute Gasteiger partial charge is 0.573 e. The van der Waals surface area contributed by atoms with Crippen LogP contribution in [0.15, 0.2) is 42.5 Å². The van der Waals surface area contributed by atoms with Gasteiger partial charge in [0.1, 0.15) is 5.75 Å². The van der Waals surface area contributed by atoms with Gasteiger partial charge in [0, 0.05) is 23.3 Å². The number of alkyl halides is 3. The van der Waals surface area contributed by atoms with Crippen LogP contribution in [0, 0.1) is 11.3 Å². The summed E-state index contributed by atoms with van der Waals surface area (Å²) in [5, 5.41) is 6.48. The Balaban J connectivity index is 1.50. The zero-order valence-electron chi connectivity index (χ0n) is 22.1. The van der Waals surface area contributed by atoms with Gasteiger partial charge in [0.2, 0.25) is 5.95 Å². The molecule has 0 saturated heterocycles. The van der Waals surface area contributed by atoms with Gasteiger partial charge < -0.3 is 19.9 Å². The van der Waals surface area contributed by atoms with Crippen molar-refractivity contribution >= 4 is 28.6 Å². The minimum Gasteiger partial charge on any atom is -0.406 e. The van der Waals surface area contributed by atoms with Crippen molar-refractivity contribution in [3.05, 3.63) is 48.0 Å². The first kappa shape index (κ1) is 26.4. The van der Waals surface area contributed by atoms with E-state index < -0.39 is 6.36 Å². The van der Waals surface area contributed by atoms with Crippen molar-refractivity contribution < 1.29 is 22.7 Å². The maximum atomic E-state index is 13.1. The lowest BCUT2D eigenvalue weighted by Gasteiger charge is -2.40. The van der Waals surface area contributed by atoms with Gasteiger partial charge >= 0.3 is 6.36 Å². The molecule has 1 heterocycles. The number of aromatic nitrogens is 2. The molecule has 2 saturated carbocycles. The normalized spacial score (nSPS) is 21.9. The molecule has 1 amide bonds. The minimum atomic E-state index is -4.74. The van der Waals surface area contributed by atoms with Crippen molar-refractivity contribution in [2.45, 2.75) is 84.2 Å². The maximum Gasteiger partial charge on any atom is 0.573 e. The highest BCUT2D eigenvalue weighted by Gasteiger charge is 2.35. The van der Waals surface area contributed by atoms with Gasteiger partial charge in [-0.15, -0.1) is 13.2 Å². The summed E-state index contributed by atoms with van der Waals surface area (Å²) in [6.45, 7) is 6.82. The highest BCUT2D eigenvalue weighted by Crippen LogP contribution is 2.46. The van der Waals surface area contributed by atoms with E-state index in [4.69, 9.17) is 4.98 Å². The fourth-order valence-electron chi connectivity index (χ4n) is 6.39. The molecular weight excluding hydrogens is 493 g/mol. The summed E-state index contributed by atoms with van der Waals surface area (Å²) in [5.74, 6) is 0.769. The molecule has 2 aliphatic rings. The number of carbonyl (C=O) groups is 1. The highest BCUT2D eigenvalue weighted by atomic mass is 19.4. The molecule has 1 aromatic heterocycles. The third-order valence-electron chi connectivity index (χ3n) is 7.71. The third kappa shape index (κ3) is 6.08. The molecule has 9 heteroatoms. The number of imidazole rings is 1. The Hall–Kier alpha value is -3.23. The Bertz CT molecular complexity index is 1290. The van der Waals surface area contributed by atoms with E-state index in [1.54, 1.807) is 12.1 Å². The fourth-order valence-corrected chi connectivity index (χ4v) is 6.39. The number of rotatable bonds is 6. The fraction of sp³-hybridized carbons (Fsp3) is 0.517. The van der Waals surface area contributed by atoms with E-state index in [1.165, 1.54) is 12.1 Å². The van der Waals surface area contributed by atoms with Crippen molar-refractivity contribution in [1.82, 2.24) is 14.9 Å². The SMILES string of the molecule is CC1CC(n2c(Nc3ccc(OC(F)(F)F)cc3)nc3ccc(C(=O)NC4CCCC4)cc32)CC(C)(C)C1. The van der Waals surface area contributed by atoms with E-state index in [0.717, 1.165) is 56.0 Å². The van der Waals surface area contributed by atoms with Gasteiger partial charge in [-0.1, -0.05) is 33.6 Å². The Labute approximate surface area is 221 Å². The highest BCUT2D eigenvalue weighted by molar-refractivity contribution is 5.98. The number of hydrogen-bond acceptors (Lipinski definition) is 4. The number of nitrogens with one attached hydrogen (secondary N) is 2. The van der Waals surface area contributed by atoms with E-state index in [9.17, 15) is 18.0 Å². The van der Waals surface area contributed by atoms with Gasteiger partial charge in [0.05, 0.1) is 11.0 Å². The molecular formula is C29H35F3N4O2. The Morgan fingerprint density at radius 1 is 1.08 bits per heavy atom. The van der Waals surface area contributed by atoms with E-state index in [1.807, 2.05) is 18.2 Å². The first-order chi connectivity index (χ1) is 18.0. The van der Waals surface area contributed by atoms with Crippen molar-refractivity contribution in [3.8, 4) is 5.75 Å². The van der Waals surface area contributed by atoms with Gasteiger partial charge in [0.25, 0.3) is 5.91 Å². The third-order valence-corrected chi connectivity index (χ3v) is 7.71. The lowest BCUT2D eigenvalue weighted by Crippen LogP contribution is -2.32. The number of amides is 1. The standard InChI is InChI=1S/C29H35F3N4O2/c1-18-14-22(17-28(2,3)16-18)36-25-15-19(26(37)33-20-6-4-5-7-20)8-13-24(25)35-27(36)34-21-9-11-23(12-10-21)38-29(30,31)32/h8-13,15,18,20,22H,4-7,14,16-17H2,1-3H3,(H,33,37)(H,34,35). The minimum absolute atomic E-state index is 0.0707. The van der Waals surface area contributed by atoms with Crippen LogP contribution in [0.5, 0.6) is 5.75 Å². The van der Waals surface area contributed by atoms with E-state index in [0.29, 0.717) is 23.1 Å². The summed E-state index contributed by atoms with van der Waals surface area (Å²) in [6, 6.07) is 11.6. The summed E-state index contributed by atoms with van der Waals surface area (Å²) < 4.78 is 43.9. The number of nitrogens with zero attached hydrogens (tertiary/aromatic N) is 2. The van der Waals surface area contributed by atoms with Crippen LogP contribution in [0.2, 0.25) is 0 Å². The van der Waals surface area contributed by atoms with Gasteiger partial charge in [-0.3, -0.25) is 4.79 Å². The van der Waals surface area contributed by atoms with Gasteiger partial charge in [-0.2, -0.15) is 0 Å². The molecule has 2 aliphatic carbocycles. The van der Waals surface area contributed by atoms with E-state index >= 15 is 0 Å². The van der Waals surface area contributed by atoms with Crippen LogP contribution in [0.3, 0.4) is 0 Å². The monoisotopic (exact) mass is 528 g/mol. The Morgan fingerprint density at radius 2 is 1.79 bits per heavy atom. The first-order valence-electron chi connectivity index (χ1n) is 13.4. The Morgan fingerprint density at radius 3 is 2.45 bits per heavy atom. The van der Waals surface area contributed by atoms with Crippen LogP contribution in [-0.4, -0.2) is 27.9 Å². The van der Waals surface area contributed by atoms with Crippen molar-refractivity contribution in [2.75, 3.05) is 5.32 Å². The van der Waals surface area contributed by atoms with Crippen LogP contribution in [0.4, 0.5) is 24.8 Å². The molecule has 2 aromatic carbocycles. The predicted octanol–water partition coefficient (Wildman–Crippen LogP) is 7.74. The molecule has 0 radical (unpaired) electrons. The molecule has 0 bridgehead atoms. The number of benzene rings is 2. The number of anilines is 2. The molecule has 5 rings (SSSR count). The van der Waals surface area contributed by atoms with Gasteiger partial charge in [-0.05, 0) is 85.9 Å². The number of carbonyl (C=O) groups excluding carboxylic acids is 1. The quantitative estimate of drug-likeness (QED) is 0.343. The molecule has 2 N–H and O–H groups in total. The molecule has 0 spiro atoms. The lowest BCUT2D eigenvalue weighted by atomic mass is 9.70. The smallest absolute Gasteiger partial charge is 0.406 e. The number of fused-ring (bicyclic) bond motifs is 1. The summed E-state index contributed by atoms with van der Waals surface area (Å²) in [6.07, 6.45) is 2.64. The molecule has 2 unspecified atom stereocenters. The molecule has 6 nitrogen and oxygen atoms in total. The molecule has 0 aliphatic heterocycles. The predicted molar refractivity (Wildman–Crippen MR) is 142 cm³/mol. The summed E-state index contributed by atoms with van der Waals surface area (Å²) in [7, 11) is 0. The first-order valence-corrected chi connectivity index (χ1v) is 13.4. The van der Waals surface area contributed by atoms with Crippen LogP contribution in [0.25, 0.3) is 11.0 Å². The Kier molecular flexibility index (Phi) is 7.05. The topological polar surface area (TPSA) is 68.2 Å². The number of halogens is 3. The molecule has 2 fully saturated rings. The van der Waals surface area contributed by atoms with E-state index in [2.05, 4.69) is 40.7 Å². The van der Waals surface area contributed by atoms with E-state index in [-0.39, 0.29) is 29.2 Å². The zero-order chi connectivity index (χ0) is 27.1. The number of hydrogen-bond donors (Lipinski definition) is 2. The maximum absolute atomic E-state index is 13.1. The molecule has 38 heavy (non-hydrogen) atoms. The van der Waals surface area contributed by atoms with Crippen LogP contribution in [0.1, 0.15) is 82.1 Å². The van der Waals surface area contributed by atoms with Gasteiger partial charge in [-0.25, -0.2) is 4.98 Å². The molecule has 204 valence electrons. The molecule has 3 aromatic rings. The summed E-state index contributed by atoms with van der Waals surface area (Å²) >= 11 is 0. The average molecular weight is 529 g/mol. The summed E-state index contributed by atoms with van der Waals surface area (Å²) in [4.78, 5) is 17.9. The van der Waals surface area contributed by atoms with Gasteiger partial charge in [0.15, 0.2) is 0 Å². The number of ether oxygens (including phenoxy) is 1. The van der Waals surface area contributed by atoms with Crippen molar-refractivity contribution in [3.63, 3.8) is 0 Å². The van der Waals surface area contributed by atoms with Crippen LogP contribution < -0.4 is 15.4 Å². The second-order valence-corrected chi connectivity index (χ2v) is 11.7. The van der Waals surface area contributed by atoms with Crippen LogP contribution >= 0.6 is 0 Å². The second-order valence-electron chi connectivity index (χ2n) is 11.7.